The van der Waals surface area contributed by atoms with E-state index < -0.39 is 0 Å². The van der Waals surface area contributed by atoms with Gasteiger partial charge in [0.1, 0.15) is 0 Å². The van der Waals surface area contributed by atoms with Crippen molar-refractivity contribution in [1.29, 1.82) is 0 Å². The van der Waals surface area contributed by atoms with Crippen molar-refractivity contribution in [3.05, 3.63) is 48.5 Å². The van der Waals surface area contributed by atoms with Gasteiger partial charge in [0.15, 0.2) is 0 Å². The Bertz CT molecular complexity index is 841. The Labute approximate surface area is 178 Å². The zero-order chi connectivity index (χ0) is 20.4. The van der Waals surface area contributed by atoms with Crippen LogP contribution in [0.4, 0.5) is 0 Å². The van der Waals surface area contributed by atoms with Gasteiger partial charge in [0, 0.05) is 48.0 Å². The Kier molecular flexibility index (Phi) is 8.11. The molecule has 0 spiro atoms. The number of ether oxygens (including phenoxy) is 4. The van der Waals surface area contributed by atoms with Gasteiger partial charge in [0.05, 0.1) is 52.9 Å². The molecule has 1 aliphatic rings. The zero-order valence-corrected chi connectivity index (χ0v) is 17.6. The van der Waals surface area contributed by atoms with Crippen LogP contribution in [0.15, 0.2) is 48.5 Å². The summed E-state index contributed by atoms with van der Waals surface area (Å²) in [6.45, 7) is 8.73. The molecule has 1 saturated heterocycles. The van der Waals surface area contributed by atoms with Crippen molar-refractivity contribution in [1.82, 2.24) is 9.47 Å². The molecule has 0 bridgehead atoms. The molecular weight excluding hydrogens is 380 g/mol. The van der Waals surface area contributed by atoms with Gasteiger partial charge in [0.2, 0.25) is 0 Å². The molecule has 4 rings (SSSR count). The van der Waals surface area contributed by atoms with Crippen LogP contribution in [0.1, 0.15) is 0 Å². The van der Waals surface area contributed by atoms with Crippen molar-refractivity contribution >= 4 is 21.8 Å². The lowest BCUT2D eigenvalue weighted by Gasteiger charge is -2.23. The molecule has 6 nitrogen and oxygen atoms in total. The van der Waals surface area contributed by atoms with Gasteiger partial charge in [-0.1, -0.05) is 36.4 Å². The molecule has 2 aromatic carbocycles. The normalized spacial score (nSPS) is 18.9. The number of aromatic nitrogens is 1. The first-order valence-corrected chi connectivity index (χ1v) is 10.9. The molecule has 0 radical (unpaired) electrons. The van der Waals surface area contributed by atoms with Gasteiger partial charge in [-0.25, -0.2) is 0 Å². The molecule has 0 atom stereocenters. The van der Waals surface area contributed by atoms with E-state index in [0.717, 1.165) is 26.2 Å². The second-order valence-electron chi connectivity index (χ2n) is 7.48. The third kappa shape index (κ3) is 5.59. The molecule has 1 aliphatic heterocycles. The van der Waals surface area contributed by atoms with Gasteiger partial charge in [-0.05, 0) is 12.1 Å². The first-order chi connectivity index (χ1) is 14.9. The van der Waals surface area contributed by atoms with E-state index in [9.17, 15) is 0 Å². The van der Waals surface area contributed by atoms with Crippen LogP contribution in [0.25, 0.3) is 21.8 Å². The van der Waals surface area contributed by atoms with Gasteiger partial charge in [-0.3, -0.25) is 4.90 Å². The summed E-state index contributed by atoms with van der Waals surface area (Å²) in [6, 6.07) is 17.3. The van der Waals surface area contributed by atoms with E-state index in [0.29, 0.717) is 52.9 Å². The van der Waals surface area contributed by atoms with Gasteiger partial charge in [0.25, 0.3) is 0 Å². The first-order valence-electron chi connectivity index (χ1n) is 10.9. The maximum atomic E-state index is 5.76. The Morgan fingerprint density at radius 3 is 1.47 bits per heavy atom. The minimum absolute atomic E-state index is 0.605. The van der Waals surface area contributed by atoms with Crippen molar-refractivity contribution in [2.45, 2.75) is 6.54 Å². The minimum Gasteiger partial charge on any atom is -0.378 e. The third-order valence-electron chi connectivity index (χ3n) is 5.54. The van der Waals surface area contributed by atoms with Gasteiger partial charge in [-0.2, -0.15) is 0 Å². The molecule has 2 heterocycles. The maximum Gasteiger partial charge on any atom is 0.0701 e. The summed E-state index contributed by atoms with van der Waals surface area (Å²) >= 11 is 0. The van der Waals surface area contributed by atoms with Crippen molar-refractivity contribution in [3.63, 3.8) is 0 Å². The van der Waals surface area contributed by atoms with Gasteiger partial charge < -0.3 is 23.5 Å². The fourth-order valence-corrected chi connectivity index (χ4v) is 3.97. The number of hydrogen-bond donors (Lipinski definition) is 0. The predicted octanol–water partition coefficient (Wildman–Crippen LogP) is 3.18. The lowest BCUT2D eigenvalue weighted by molar-refractivity contribution is 0.00206. The summed E-state index contributed by atoms with van der Waals surface area (Å²) in [5, 5.41) is 2.63. The van der Waals surface area contributed by atoms with E-state index in [-0.39, 0.29) is 0 Å². The van der Waals surface area contributed by atoms with Crippen LogP contribution in [0, 0.1) is 0 Å². The summed E-state index contributed by atoms with van der Waals surface area (Å²) < 4.78 is 25.0. The fraction of sp³-hybridized carbons (Fsp3) is 0.500. The van der Waals surface area contributed by atoms with Crippen LogP contribution in [0.2, 0.25) is 0 Å². The average Bonchev–Trinajstić information content (AvgIpc) is 3.09. The highest BCUT2D eigenvalue weighted by atomic mass is 16.6. The van der Waals surface area contributed by atoms with Crippen molar-refractivity contribution < 1.29 is 18.9 Å². The number of fused-ring (bicyclic) bond motifs is 3. The molecule has 162 valence electrons. The summed E-state index contributed by atoms with van der Waals surface area (Å²) in [7, 11) is 0. The summed E-state index contributed by atoms with van der Waals surface area (Å²) in [5.74, 6) is 0. The zero-order valence-electron chi connectivity index (χ0n) is 17.6. The monoisotopic (exact) mass is 412 g/mol. The largest absolute Gasteiger partial charge is 0.378 e. The topological polar surface area (TPSA) is 45.1 Å². The first kappa shape index (κ1) is 21.3. The lowest BCUT2D eigenvalue weighted by atomic mass is 10.2. The molecule has 30 heavy (non-hydrogen) atoms. The fourth-order valence-electron chi connectivity index (χ4n) is 3.97. The van der Waals surface area contributed by atoms with Crippen molar-refractivity contribution in [2.75, 3.05) is 72.5 Å². The quantitative estimate of drug-likeness (QED) is 0.661. The number of benzene rings is 2. The predicted molar refractivity (Wildman–Crippen MR) is 119 cm³/mol. The molecular formula is C24H32N2O4. The molecule has 0 saturated carbocycles. The molecule has 0 unspecified atom stereocenters. The Balaban J connectivity index is 1.42. The molecule has 3 aromatic rings. The summed E-state index contributed by atoms with van der Waals surface area (Å²) in [6.07, 6.45) is 0. The Morgan fingerprint density at radius 2 is 0.967 bits per heavy atom. The standard InChI is InChI=1S/C24H32N2O4/c1-3-7-23-21(5-1)22-6-2-4-8-24(22)26(23)10-9-25-11-13-27-15-17-29-19-20-30-18-16-28-14-12-25/h1-8H,9-20H2. The highest BCUT2D eigenvalue weighted by molar-refractivity contribution is 6.07. The van der Waals surface area contributed by atoms with Crippen LogP contribution >= 0.6 is 0 Å². The number of rotatable bonds is 3. The van der Waals surface area contributed by atoms with E-state index in [1.807, 2.05) is 0 Å². The van der Waals surface area contributed by atoms with Crippen LogP contribution in [0.5, 0.6) is 0 Å². The summed E-state index contributed by atoms with van der Waals surface area (Å²) in [4.78, 5) is 2.42. The number of para-hydroxylation sites is 2. The van der Waals surface area contributed by atoms with E-state index in [1.165, 1.54) is 21.8 Å². The Hall–Kier alpha value is -1.96. The molecule has 1 aromatic heterocycles. The molecule has 0 aliphatic carbocycles. The van der Waals surface area contributed by atoms with E-state index >= 15 is 0 Å². The molecule has 0 amide bonds. The van der Waals surface area contributed by atoms with Crippen LogP contribution in [-0.2, 0) is 25.5 Å². The molecule has 6 heteroatoms. The van der Waals surface area contributed by atoms with Crippen LogP contribution in [0.3, 0.4) is 0 Å². The second kappa shape index (κ2) is 11.4. The highest BCUT2D eigenvalue weighted by Crippen LogP contribution is 2.28. The minimum atomic E-state index is 0.605. The number of hydrogen-bond acceptors (Lipinski definition) is 5. The SMILES string of the molecule is c1ccc2c(c1)c1ccccc1n2CCN1CCOCCOCCOCCOCC1. The molecule has 1 fully saturated rings. The highest BCUT2D eigenvalue weighted by Gasteiger charge is 2.12. The van der Waals surface area contributed by atoms with E-state index in [4.69, 9.17) is 18.9 Å². The summed E-state index contributed by atoms with van der Waals surface area (Å²) in [5.41, 5.74) is 2.58. The van der Waals surface area contributed by atoms with Crippen LogP contribution in [-0.4, -0.2) is 82.0 Å². The Morgan fingerprint density at radius 1 is 0.533 bits per heavy atom. The van der Waals surface area contributed by atoms with Crippen LogP contribution < -0.4 is 0 Å². The van der Waals surface area contributed by atoms with Gasteiger partial charge in [-0.15, -0.1) is 0 Å². The second-order valence-corrected chi connectivity index (χ2v) is 7.48. The van der Waals surface area contributed by atoms with Crippen molar-refractivity contribution in [2.24, 2.45) is 0 Å². The molecule has 0 N–H and O–H groups in total. The lowest BCUT2D eigenvalue weighted by Crippen LogP contribution is -2.34. The van der Waals surface area contributed by atoms with Crippen molar-refractivity contribution in [3.8, 4) is 0 Å². The third-order valence-corrected chi connectivity index (χ3v) is 5.54. The average molecular weight is 413 g/mol. The van der Waals surface area contributed by atoms with Gasteiger partial charge >= 0.3 is 0 Å². The smallest absolute Gasteiger partial charge is 0.0701 e. The van der Waals surface area contributed by atoms with E-state index in [2.05, 4.69) is 58.0 Å². The van der Waals surface area contributed by atoms with E-state index in [1.54, 1.807) is 0 Å². The maximum absolute atomic E-state index is 5.76. The number of nitrogens with zero attached hydrogens (tertiary/aromatic N) is 2.